The summed E-state index contributed by atoms with van der Waals surface area (Å²) in [5, 5.41) is 13.4. The van der Waals surface area contributed by atoms with E-state index in [0.717, 1.165) is 11.3 Å². The number of fused-ring (bicyclic) bond motifs is 1. The fourth-order valence-corrected chi connectivity index (χ4v) is 2.42. The summed E-state index contributed by atoms with van der Waals surface area (Å²) in [6.45, 7) is 4.21. The van der Waals surface area contributed by atoms with Crippen molar-refractivity contribution in [3.05, 3.63) is 23.8 Å². The lowest BCUT2D eigenvalue weighted by atomic mass is 10.1. The smallest absolute Gasteiger partial charge is 0.243 e. The molecule has 0 radical (unpaired) electrons. The lowest BCUT2D eigenvalue weighted by Crippen LogP contribution is -2.29. The molecular formula is C13H17N7O. The molecule has 0 spiro atoms. The molecule has 0 fully saturated rings. The number of hydrogen-bond donors (Lipinski definition) is 3. The van der Waals surface area contributed by atoms with Crippen LogP contribution in [-0.4, -0.2) is 32.2 Å². The van der Waals surface area contributed by atoms with Crippen LogP contribution in [0.1, 0.15) is 24.2 Å². The van der Waals surface area contributed by atoms with Gasteiger partial charge in [-0.05, 0) is 13.8 Å². The first-order valence-electron chi connectivity index (χ1n) is 6.70. The van der Waals surface area contributed by atoms with Crippen molar-refractivity contribution in [3.8, 4) is 0 Å². The molecular weight excluding hydrogens is 270 g/mol. The van der Waals surface area contributed by atoms with Crippen molar-refractivity contribution in [2.45, 2.75) is 19.9 Å². The second kappa shape index (κ2) is 5.04. The van der Waals surface area contributed by atoms with Gasteiger partial charge in [0.2, 0.25) is 5.91 Å². The highest BCUT2D eigenvalue weighted by atomic mass is 16.2. The minimum Gasteiger partial charge on any atom is -0.362 e. The van der Waals surface area contributed by atoms with Crippen LogP contribution in [0.25, 0.3) is 0 Å². The van der Waals surface area contributed by atoms with Gasteiger partial charge in [-0.3, -0.25) is 9.48 Å². The maximum Gasteiger partial charge on any atom is 0.243 e. The molecule has 0 aliphatic carbocycles. The zero-order valence-corrected chi connectivity index (χ0v) is 12.1. The zero-order valence-electron chi connectivity index (χ0n) is 12.1. The van der Waals surface area contributed by atoms with Crippen LogP contribution in [0.2, 0.25) is 0 Å². The van der Waals surface area contributed by atoms with Gasteiger partial charge in [0, 0.05) is 18.8 Å². The highest BCUT2D eigenvalue weighted by Gasteiger charge is 2.21. The van der Waals surface area contributed by atoms with E-state index in [2.05, 4.69) is 31.0 Å². The Bertz CT molecular complexity index is 694. The molecule has 2 aromatic heterocycles. The average Bonchev–Trinajstić information content (AvgIpc) is 2.78. The van der Waals surface area contributed by atoms with Crippen molar-refractivity contribution in [2.75, 3.05) is 22.5 Å². The van der Waals surface area contributed by atoms with E-state index in [0.29, 0.717) is 17.3 Å². The van der Waals surface area contributed by atoms with Gasteiger partial charge in [-0.2, -0.15) is 5.10 Å². The Morgan fingerprint density at radius 1 is 1.43 bits per heavy atom. The standard InChI is InChI=1S/C13H17N7O/c1-7(9-5-20(3)19-8(9)2)17-13-11-12(15-6-16-13)14-4-10(21)18-11/h5-7H,4H2,1-3H3,(H,18,21)(H2,14,15,16,17). The van der Waals surface area contributed by atoms with Gasteiger partial charge in [0.25, 0.3) is 0 Å². The lowest BCUT2D eigenvalue weighted by molar-refractivity contribution is -0.114. The van der Waals surface area contributed by atoms with Crippen LogP contribution in [0.5, 0.6) is 0 Å². The summed E-state index contributed by atoms with van der Waals surface area (Å²) < 4.78 is 1.78. The predicted molar refractivity (Wildman–Crippen MR) is 79.1 cm³/mol. The van der Waals surface area contributed by atoms with Crippen LogP contribution in [0.3, 0.4) is 0 Å². The first-order valence-corrected chi connectivity index (χ1v) is 6.70. The molecule has 110 valence electrons. The highest BCUT2D eigenvalue weighted by Crippen LogP contribution is 2.31. The zero-order chi connectivity index (χ0) is 15.0. The van der Waals surface area contributed by atoms with Gasteiger partial charge >= 0.3 is 0 Å². The highest BCUT2D eigenvalue weighted by molar-refractivity contribution is 6.02. The number of nitrogens with one attached hydrogen (secondary N) is 3. The van der Waals surface area contributed by atoms with E-state index in [9.17, 15) is 4.79 Å². The number of hydrogen-bond acceptors (Lipinski definition) is 6. The molecule has 3 heterocycles. The molecule has 0 bridgehead atoms. The Labute approximate surface area is 122 Å². The van der Waals surface area contributed by atoms with Crippen molar-refractivity contribution >= 4 is 23.2 Å². The molecule has 8 heteroatoms. The molecule has 21 heavy (non-hydrogen) atoms. The number of carbonyl (C=O) groups is 1. The lowest BCUT2D eigenvalue weighted by Gasteiger charge is -2.22. The van der Waals surface area contributed by atoms with E-state index in [1.165, 1.54) is 6.33 Å². The quantitative estimate of drug-likeness (QED) is 0.781. The van der Waals surface area contributed by atoms with E-state index in [-0.39, 0.29) is 18.5 Å². The van der Waals surface area contributed by atoms with Crippen molar-refractivity contribution in [1.82, 2.24) is 19.7 Å². The summed E-state index contributed by atoms with van der Waals surface area (Å²) in [5.74, 6) is 1.11. The Morgan fingerprint density at radius 3 is 2.95 bits per heavy atom. The number of anilines is 3. The Morgan fingerprint density at radius 2 is 2.24 bits per heavy atom. The van der Waals surface area contributed by atoms with Gasteiger partial charge in [0.1, 0.15) is 12.0 Å². The van der Waals surface area contributed by atoms with Crippen LogP contribution >= 0.6 is 0 Å². The molecule has 3 N–H and O–H groups in total. The second-order valence-electron chi connectivity index (χ2n) is 5.06. The fraction of sp³-hybridized carbons (Fsp3) is 0.385. The molecule has 0 saturated heterocycles. The van der Waals surface area contributed by atoms with Gasteiger partial charge in [0.05, 0.1) is 18.3 Å². The maximum absolute atomic E-state index is 11.5. The average molecular weight is 287 g/mol. The summed E-state index contributed by atoms with van der Waals surface area (Å²) in [6, 6.07) is 0.0107. The Hall–Kier alpha value is -2.64. The molecule has 1 amide bonds. The molecule has 1 atom stereocenters. The van der Waals surface area contributed by atoms with Crippen LogP contribution in [0.4, 0.5) is 17.3 Å². The number of amides is 1. The molecule has 3 rings (SSSR count). The van der Waals surface area contributed by atoms with Crippen molar-refractivity contribution in [3.63, 3.8) is 0 Å². The molecule has 8 nitrogen and oxygen atoms in total. The van der Waals surface area contributed by atoms with Crippen LogP contribution in [0, 0.1) is 6.92 Å². The SMILES string of the molecule is Cc1nn(C)cc1C(C)Nc1ncnc2c1NC(=O)CN2. The molecule has 1 aliphatic rings. The van der Waals surface area contributed by atoms with Crippen LogP contribution in [-0.2, 0) is 11.8 Å². The number of aryl methyl sites for hydroxylation is 2. The number of nitrogens with zero attached hydrogens (tertiary/aromatic N) is 4. The fourth-order valence-electron chi connectivity index (χ4n) is 2.42. The van der Waals surface area contributed by atoms with Crippen molar-refractivity contribution < 1.29 is 4.79 Å². The third-order valence-corrected chi connectivity index (χ3v) is 3.40. The molecule has 0 aromatic carbocycles. The number of carbonyl (C=O) groups excluding carboxylic acids is 1. The van der Waals surface area contributed by atoms with Crippen LogP contribution in [0.15, 0.2) is 12.5 Å². The monoisotopic (exact) mass is 287 g/mol. The van der Waals surface area contributed by atoms with E-state index in [4.69, 9.17) is 0 Å². The minimum absolute atomic E-state index is 0.0107. The third kappa shape index (κ3) is 2.51. The predicted octanol–water partition coefficient (Wildman–Crippen LogP) is 1.06. The summed E-state index contributed by atoms with van der Waals surface area (Å²) in [5.41, 5.74) is 2.63. The van der Waals surface area contributed by atoms with Gasteiger partial charge in [-0.15, -0.1) is 0 Å². The first-order chi connectivity index (χ1) is 10.0. The van der Waals surface area contributed by atoms with Gasteiger partial charge in [0.15, 0.2) is 11.6 Å². The summed E-state index contributed by atoms with van der Waals surface area (Å²) >= 11 is 0. The molecule has 1 unspecified atom stereocenters. The normalized spacial score (nSPS) is 14.9. The summed E-state index contributed by atoms with van der Waals surface area (Å²) in [7, 11) is 1.89. The van der Waals surface area contributed by atoms with E-state index < -0.39 is 0 Å². The van der Waals surface area contributed by atoms with Crippen molar-refractivity contribution in [2.24, 2.45) is 7.05 Å². The van der Waals surface area contributed by atoms with Gasteiger partial charge in [-0.25, -0.2) is 9.97 Å². The molecule has 0 saturated carbocycles. The van der Waals surface area contributed by atoms with Crippen molar-refractivity contribution in [1.29, 1.82) is 0 Å². The minimum atomic E-state index is -0.106. The Kier molecular flexibility index (Phi) is 3.20. The topological polar surface area (TPSA) is 96.8 Å². The van der Waals surface area contributed by atoms with Gasteiger partial charge in [-0.1, -0.05) is 0 Å². The molecule has 1 aliphatic heterocycles. The Balaban J connectivity index is 1.88. The second-order valence-corrected chi connectivity index (χ2v) is 5.06. The maximum atomic E-state index is 11.5. The molecule has 2 aromatic rings. The number of aromatic nitrogens is 4. The number of rotatable bonds is 3. The van der Waals surface area contributed by atoms with E-state index >= 15 is 0 Å². The first kappa shape index (κ1) is 13.3. The van der Waals surface area contributed by atoms with Gasteiger partial charge < -0.3 is 16.0 Å². The third-order valence-electron chi connectivity index (χ3n) is 3.40. The van der Waals surface area contributed by atoms with E-state index in [1.807, 2.05) is 27.1 Å². The largest absolute Gasteiger partial charge is 0.362 e. The summed E-state index contributed by atoms with van der Waals surface area (Å²) in [4.78, 5) is 19.9. The van der Waals surface area contributed by atoms with Crippen LogP contribution < -0.4 is 16.0 Å². The summed E-state index contributed by atoms with van der Waals surface area (Å²) in [6.07, 6.45) is 3.44. The van der Waals surface area contributed by atoms with E-state index in [1.54, 1.807) is 4.68 Å².